The highest BCUT2D eigenvalue weighted by molar-refractivity contribution is 9.10. The second kappa shape index (κ2) is 8.09. The molecule has 0 fully saturated rings. The predicted octanol–water partition coefficient (Wildman–Crippen LogP) is 3.53. The monoisotopic (exact) mass is 318 g/mol. The molecular formula is C13H20BrClN2. The standard InChI is InChI=1S/C13H20BrClN2/c1-3-4-16-5-6-17(2)10-11-7-12(14)9-13(15)8-11/h7-9,16H,3-6,10H2,1-2H3. The first-order valence-electron chi connectivity index (χ1n) is 5.96. The first-order valence-corrected chi connectivity index (χ1v) is 7.13. The molecule has 0 aliphatic heterocycles. The Bertz CT molecular complexity index is 324. The fraction of sp³-hybridized carbons (Fsp3) is 0.538. The van der Waals surface area contributed by atoms with E-state index in [4.69, 9.17) is 11.6 Å². The Hall–Kier alpha value is -0.0900. The van der Waals surface area contributed by atoms with Gasteiger partial charge in [0.25, 0.3) is 0 Å². The topological polar surface area (TPSA) is 15.3 Å². The molecule has 0 unspecified atom stereocenters. The van der Waals surface area contributed by atoms with Gasteiger partial charge < -0.3 is 10.2 Å². The third-order valence-electron chi connectivity index (χ3n) is 2.47. The highest BCUT2D eigenvalue weighted by atomic mass is 79.9. The highest BCUT2D eigenvalue weighted by Gasteiger charge is 2.02. The van der Waals surface area contributed by atoms with Gasteiger partial charge in [-0.2, -0.15) is 0 Å². The van der Waals surface area contributed by atoms with Crippen LogP contribution in [0.25, 0.3) is 0 Å². The maximum absolute atomic E-state index is 6.02. The molecule has 0 aliphatic rings. The minimum atomic E-state index is 0.784. The second-order valence-electron chi connectivity index (χ2n) is 4.27. The number of hydrogen-bond acceptors (Lipinski definition) is 2. The predicted molar refractivity (Wildman–Crippen MR) is 78.6 cm³/mol. The van der Waals surface area contributed by atoms with E-state index in [0.29, 0.717) is 0 Å². The molecule has 0 atom stereocenters. The summed E-state index contributed by atoms with van der Waals surface area (Å²) in [5.41, 5.74) is 1.24. The molecule has 96 valence electrons. The SMILES string of the molecule is CCCNCCN(C)Cc1cc(Cl)cc(Br)c1. The lowest BCUT2D eigenvalue weighted by Gasteiger charge is -2.17. The zero-order valence-corrected chi connectivity index (χ0v) is 12.8. The van der Waals surface area contributed by atoms with E-state index in [9.17, 15) is 0 Å². The number of nitrogens with zero attached hydrogens (tertiary/aromatic N) is 1. The Kier molecular flexibility index (Phi) is 7.12. The number of halogens is 2. The van der Waals surface area contributed by atoms with E-state index < -0.39 is 0 Å². The van der Waals surface area contributed by atoms with Gasteiger partial charge in [0.1, 0.15) is 0 Å². The second-order valence-corrected chi connectivity index (χ2v) is 5.62. The summed E-state index contributed by atoms with van der Waals surface area (Å²) in [6, 6.07) is 6.04. The quantitative estimate of drug-likeness (QED) is 0.773. The van der Waals surface area contributed by atoms with E-state index in [2.05, 4.69) is 46.2 Å². The third-order valence-corrected chi connectivity index (χ3v) is 3.15. The van der Waals surface area contributed by atoms with E-state index in [0.717, 1.165) is 35.7 Å². The van der Waals surface area contributed by atoms with E-state index in [1.54, 1.807) is 0 Å². The molecule has 0 aromatic heterocycles. The summed E-state index contributed by atoms with van der Waals surface area (Å²) in [5, 5.41) is 4.18. The molecule has 0 saturated carbocycles. The van der Waals surface area contributed by atoms with E-state index in [-0.39, 0.29) is 0 Å². The molecule has 0 amide bonds. The van der Waals surface area contributed by atoms with Crippen molar-refractivity contribution in [3.05, 3.63) is 33.3 Å². The molecule has 0 aliphatic carbocycles. The minimum absolute atomic E-state index is 0.784. The van der Waals surface area contributed by atoms with Gasteiger partial charge >= 0.3 is 0 Å². The van der Waals surface area contributed by atoms with Crippen LogP contribution < -0.4 is 5.32 Å². The molecule has 0 radical (unpaired) electrons. The van der Waals surface area contributed by atoms with Gasteiger partial charge in [-0.05, 0) is 43.8 Å². The van der Waals surface area contributed by atoms with Crippen LogP contribution in [-0.2, 0) is 6.54 Å². The Balaban J connectivity index is 2.36. The fourth-order valence-electron chi connectivity index (χ4n) is 1.66. The van der Waals surface area contributed by atoms with Crippen LogP contribution >= 0.6 is 27.5 Å². The average Bonchev–Trinajstić information content (AvgIpc) is 2.23. The van der Waals surface area contributed by atoms with E-state index in [1.165, 1.54) is 12.0 Å². The van der Waals surface area contributed by atoms with Gasteiger partial charge in [0.2, 0.25) is 0 Å². The van der Waals surface area contributed by atoms with Crippen molar-refractivity contribution in [2.45, 2.75) is 19.9 Å². The Morgan fingerprint density at radius 2 is 2.06 bits per heavy atom. The molecule has 1 N–H and O–H groups in total. The first-order chi connectivity index (χ1) is 8.11. The molecule has 0 bridgehead atoms. The summed E-state index contributed by atoms with van der Waals surface area (Å²) in [5.74, 6) is 0. The first kappa shape index (κ1) is 15.0. The summed E-state index contributed by atoms with van der Waals surface area (Å²) < 4.78 is 1.04. The summed E-state index contributed by atoms with van der Waals surface area (Å²) in [4.78, 5) is 2.29. The van der Waals surface area contributed by atoms with Crippen molar-refractivity contribution in [2.24, 2.45) is 0 Å². The summed E-state index contributed by atoms with van der Waals surface area (Å²) in [6.07, 6.45) is 1.19. The van der Waals surface area contributed by atoms with Crippen LogP contribution in [-0.4, -0.2) is 31.6 Å². The Morgan fingerprint density at radius 1 is 1.29 bits per heavy atom. The van der Waals surface area contributed by atoms with Crippen LogP contribution in [0.2, 0.25) is 5.02 Å². The van der Waals surface area contributed by atoms with Gasteiger partial charge in [0.15, 0.2) is 0 Å². The molecule has 0 spiro atoms. The Labute approximate surface area is 117 Å². The van der Waals surface area contributed by atoms with Gasteiger partial charge in [-0.15, -0.1) is 0 Å². The van der Waals surface area contributed by atoms with Gasteiger partial charge in [0, 0.05) is 29.1 Å². The smallest absolute Gasteiger partial charge is 0.0420 e. The van der Waals surface area contributed by atoms with Crippen molar-refractivity contribution in [2.75, 3.05) is 26.7 Å². The maximum atomic E-state index is 6.02. The number of nitrogens with one attached hydrogen (secondary N) is 1. The number of likely N-dealkylation sites (N-methyl/N-ethyl adjacent to an activating group) is 1. The van der Waals surface area contributed by atoms with Crippen LogP contribution in [0.3, 0.4) is 0 Å². The summed E-state index contributed by atoms with van der Waals surface area (Å²) >= 11 is 9.48. The number of benzene rings is 1. The molecule has 1 aromatic carbocycles. The van der Waals surface area contributed by atoms with Crippen molar-refractivity contribution in [1.82, 2.24) is 10.2 Å². The molecule has 0 heterocycles. The summed E-state index contributed by atoms with van der Waals surface area (Å²) in [6.45, 7) is 6.28. The van der Waals surface area contributed by atoms with Crippen LogP contribution in [0.1, 0.15) is 18.9 Å². The molecule has 0 saturated heterocycles. The van der Waals surface area contributed by atoms with Crippen LogP contribution in [0.4, 0.5) is 0 Å². The van der Waals surface area contributed by atoms with Gasteiger partial charge in [-0.1, -0.05) is 34.5 Å². The van der Waals surface area contributed by atoms with Crippen LogP contribution in [0, 0.1) is 0 Å². The van der Waals surface area contributed by atoms with Crippen molar-refractivity contribution in [3.8, 4) is 0 Å². The molecule has 1 rings (SSSR count). The maximum Gasteiger partial charge on any atom is 0.0420 e. The number of hydrogen-bond donors (Lipinski definition) is 1. The lowest BCUT2D eigenvalue weighted by molar-refractivity contribution is 0.324. The van der Waals surface area contributed by atoms with Crippen molar-refractivity contribution >= 4 is 27.5 Å². The lowest BCUT2D eigenvalue weighted by Crippen LogP contribution is -2.29. The van der Waals surface area contributed by atoms with Crippen LogP contribution in [0.15, 0.2) is 22.7 Å². The molecule has 4 heteroatoms. The van der Waals surface area contributed by atoms with Crippen molar-refractivity contribution < 1.29 is 0 Å². The normalized spacial score (nSPS) is 11.1. The average molecular weight is 320 g/mol. The largest absolute Gasteiger partial charge is 0.315 e. The van der Waals surface area contributed by atoms with E-state index >= 15 is 0 Å². The lowest BCUT2D eigenvalue weighted by atomic mass is 10.2. The fourth-order valence-corrected chi connectivity index (χ4v) is 2.59. The third kappa shape index (κ3) is 6.41. The minimum Gasteiger partial charge on any atom is -0.315 e. The summed E-state index contributed by atoms with van der Waals surface area (Å²) in [7, 11) is 2.13. The highest BCUT2D eigenvalue weighted by Crippen LogP contribution is 2.20. The van der Waals surface area contributed by atoms with Gasteiger partial charge in [0.05, 0.1) is 0 Å². The van der Waals surface area contributed by atoms with E-state index in [1.807, 2.05) is 12.1 Å². The molecule has 2 nitrogen and oxygen atoms in total. The molecule has 17 heavy (non-hydrogen) atoms. The number of rotatable bonds is 7. The zero-order valence-electron chi connectivity index (χ0n) is 10.5. The van der Waals surface area contributed by atoms with Crippen molar-refractivity contribution in [1.29, 1.82) is 0 Å². The molecular weight excluding hydrogens is 300 g/mol. The Morgan fingerprint density at radius 3 is 2.71 bits per heavy atom. The van der Waals surface area contributed by atoms with Crippen molar-refractivity contribution in [3.63, 3.8) is 0 Å². The van der Waals surface area contributed by atoms with Crippen LogP contribution in [0.5, 0.6) is 0 Å². The zero-order chi connectivity index (χ0) is 12.7. The van der Waals surface area contributed by atoms with Gasteiger partial charge in [-0.25, -0.2) is 0 Å². The molecule has 1 aromatic rings. The van der Waals surface area contributed by atoms with Gasteiger partial charge in [-0.3, -0.25) is 0 Å².